The van der Waals surface area contributed by atoms with Gasteiger partial charge in [0.15, 0.2) is 0 Å². The van der Waals surface area contributed by atoms with Gasteiger partial charge >= 0.3 is 11.9 Å². The summed E-state index contributed by atoms with van der Waals surface area (Å²) in [7, 11) is 2.58. The average molecular weight is 218 g/mol. The van der Waals surface area contributed by atoms with Gasteiger partial charge in [0, 0.05) is 12.7 Å². The minimum atomic E-state index is -0.940. The second kappa shape index (κ2) is 4.94. The van der Waals surface area contributed by atoms with E-state index < -0.39 is 11.9 Å². The van der Waals surface area contributed by atoms with Crippen molar-refractivity contribution in [1.29, 1.82) is 5.26 Å². The highest BCUT2D eigenvalue weighted by Gasteiger charge is 2.20. The fraction of sp³-hybridized carbons (Fsp3) is 0.182. The first-order chi connectivity index (χ1) is 7.60. The Morgan fingerprint density at radius 1 is 1.44 bits per heavy atom. The van der Waals surface area contributed by atoms with Gasteiger partial charge in [0.25, 0.3) is 0 Å². The number of likely N-dealkylation sites (N-methyl/N-ethyl adjacent to an activating group) is 1. The fourth-order valence-electron chi connectivity index (χ4n) is 1.13. The molecule has 0 aliphatic carbocycles. The molecule has 0 aliphatic rings. The molecule has 5 heteroatoms. The molecule has 1 amide bonds. The topological polar surface area (TPSA) is 70.4 Å². The quantitative estimate of drug-likeness (QED) is 0.513. The summed E-state index contributed by atoms with van der Waals surface area (Å²) < 4.78 is 4.32. The van der Waals surface area contributed by atoms with Crippen molar-refractivity contribution in [2.75, 3.05) is 19.1 Å². The summed E-state index contributed by atoms with van der Waals surface area (Å²) in [4.78, 5) is 23.6. The van der Waals surface area contributed by atoms with Crippen LogP contribution in [0.3, 0.4) is 0 Å². The monoisotopic (exact) mass is 218 g/mol. The number of amides is 1. The molecule has 1 rings (SSSR count). The molecule has 0 saturated heterocycles. The van der Waals surface area contributed by atoms with E-state index in [-0.39, 0.29) is 0 Å². The highest BCUT2D eigenvalue weighted by atomic mass is 16.5. The lowest BCUT2D eigenvalue weighted by atomic mass is 10.2. The van der Waals surface area contributed by atoms with Crippen LogP contribution in [0.25, 0.3) is 0 Å². The Kier molecular flexibility index (Phi) is 3.62. The maximum absolute atomic E-state index is 11.4. The smallest absolute Gasteiger partial charge is 0.397 e. The van der Waals surface area contributed by atoms with Crippen molar-refractivity contribution in [3.05, 3.63) is 29.8 Å². The van der Waals surface area contributed by atoms with Crippen LogP contribution in [0.2, 0.25) is 0 Å². The molecule has 82 valence electrons. The van der Waals surface area contributed by atoms with Crippen LogP contribution in [0, 0.1) is 11.3 Å². The van der Waals surface area contributed by atoms with Gasteiger partial charge in [-0.3, -0.25) is 4.79 Å². The van der Waals surface area contributed by atoms with E-state index in [9.17, 15) is 9.59 Å². The molecular weight excluding hydrogens is 208 g/mol. The van der Waals surface area contributed by atoms with Crippen LogP contribution in [0.4, 0.5) is 5.69 Å². The predicted octanol–water partition coefficient (Wildman–Crippen LogP) is 0.694. The number of rotatable bonds is 1. The highest BCUT2D eigenvalue weighted by molar-refractivity contribution is 6.37. The number of nitriles is 1. The van der Waals surface area contributed by atoms with Crippen molar-refractivity contribution in [1.82, 2.24) is 0 Å². The van der Waals surface area contributed by atoms with E-state index in [1.807, 2.05) is 6.07 Å². The molecule has 0 unspecified atom stereocenters. The molecule has 0 heterocycles. The molecule has 0 radical (unpaired) electrons. The molecule has 16 heavy (non-hydrogen) atoms. The van der Waals surface area contributed by atoms with Crippen molar-refractivity contribution in [3.8, 4) is 6.07 Å². The molecule has 0 bridgehead atoms. The van der Waals surface area contributed by atoms with E-state index in [4.69, 9.17) is 5.26 Å². The summed E-state index contributed by atoms with van der Waals surface area (Å²) in [5.41, 5.74) is 0.886. The Morgan fingerprint density at radius 3 is 2.69 bits per heavy atom. The predicted molar refractivity (Wildman–Crippen MR) is 56.6 cm³/mol. The van der Waals surface area contributed by atoms with Crippen molar-refractivity contribution in [2.45, 2.75) is 0 Å². The zero-order valence-corrected chi connectivity index (χ0v) is 8.93. The number of carbonyl (C=O) groups excluding carboxylic acids is 2. The summed E-state index contributed by atoms with van der Waals surface area (Å²) in [6.07, 6.45) is 0. The largest absolute Gasteiger partial charge is 0.462 e. The molecule has 0 aliphatic heterocycles. The molecule has 5 nitrogen and oxygen atoms in total. The molecule has 1 aromatic carbocycles. The van der Waals surface area contributed by atoms with Gasteiger partial charge in [-0.1, -0.05) is 6.07 Å². The van der Waals surface area contributed by atoms with Gasteiger partial charge in [0.1, 0.15) is 0 Å². The fourth-order valence-corrected chi connectivity index (χ4v) is 1.13. The van der Waals surface area contributed by atoms with E-state index in [0.717, 1.165) is 12.0 Å². The number of hydrogen-bond donors (Lipinski definition) is 0. The Balaban J connectivity index is 2.97. The van der Waals surface area contributed by atoms with Crippen LogP contribution in [0.5, 0.6) is 0 Å². The molecular formula is C11H10N2O3. The standard InChI is InChI=1S/C11H10N2O3/c1-13(10(14)11(15)16-2)9-5-3-4-8(6-9)7-12/h3-6H,1-2H3. The normalized spacial score (nSPS) is 9.06. The number of ether oxygens (including phenoxy) is 1. The van der Waals surface area contributed by atoms with E-state index in [1.54, 1.807) is 18.2 Å². The SMILES string of the molecule is COC(=O)C(=O)N(C)c1cccc(C#N)c1. The van der Waals surface area contributed by atoms with Crippen molar-refractivity contribution in [2.24, 2.45) is 0 Å². The summed E-state index contributed by atoms with van der Waals surface area (Å²) >= 11 is 0. The van der Waals surface area contributed by atoms with Crippen LogP contribution in [0.1, 0.15) is 5.56 Å². The van der Waals surface area contributed by atoms with Crippen LogP contribution in [-0.2, 0) is 14.3 Å². The number of nitrogens with zero attached hydrogens (tertiary/aromatic N) is 2. The molecule has 0 N–H and O–H groups in total. The molecule has 0 saturated carbocycles. The van der Waals surface area contributed by atoms with E-state index >= 15 is 0 Å². The van der Waals surface area contributed by atoms with Crippen molar-refractivity contribution in [3.63, 3.8) is 0 Å². The van der Waals surface area contributed by atoms with Crippen LogP contribution >= 0.6 is 0 Å². The lowest BCUT2D eigenvalue weighted by Gasteiger charge is -2.15. The minimum absolute atomic E-state index is 0.419. The third-order valence-electron chi connectivity index (χ3n) is 2.03. The first-order valence-corrected chi connectivity index (χ1v) is 4.46. The van der Waals surface area contributed by atoms with Crippen LogP contribution in [0.15, 0.2) is 24.3 Å². The Morgan fingerprint density at radius 2 is 2.12 bits per heavy atom. The number of benzene rings is 1. The number of hydrogen-bond acceptors (Lipinski definition) is 4. The summed E-state index contributed by atoms with van der Waals surface area (Å²) in [5.74, 6) is -1.72. The first-order valence-electron chi connectivity index (χ1n) is 4.46. The Labute approximate surface area is 92.8 Å². The summed E-state index contributed by atoms with van der Waals surface area (Å²) in [5, 5.41) is 8.69. The number of anilines is 1. The molecule has 0 aromatic heterocycles. The van der Waals surface area contributed by atoms with E-state index in [1.165, 1.54) is 13.1 Å². The van der Waals surface area contributed by atoms with Gasteiger partial charge in [-0.2, -0.15) is 5.26 Å². The van der Waals surface area contributed by atoms with Crippen molar-refractivity contribution >= 4 is 17.6 Å². The van der Waals surface area contributed by atoms with Crippen LogP contribution < -0.4 is 4.90 Å². The third-order valence-corrected chi connectivity index (χ3v) is 2.03. The van der Waals surface area contributed by atoms with E-state index in [2.05, 4.69) is 4.74 Å². The van der Waals surface area contributed by atoms with Crippen LogP contribution in [-0.4, -0.2) is 26.0 Å². The molecule has 0 spiro atoms. The maximum atomic E-state index is 11.4. The van der Waals surface area contributed by atoms with Crippen molar-refractivity contribution < 1.29 is 14.3 Å². The Hall–Kier alpha value is -2.35. The zero-order chi connectivity index (χ0) is 12.1. The average Bonchev–Trinajstić information content (AvgIpc) is 2.36. The minimum Gasteiger partial charge on any atom is -0.462 e. The molecule has 1 aromatic rings. The van der Waals surface area contributed by atoms with Gasteiger partial charge < -0.3 is 9.64 Å². The lowest BCUT2D eigenvalue weighted by molar-refractivity contribution is -0.151. The van der Waals surface area contributed by atoms with Gasteiger partial charge in [-0.25, -0.2) is 4.79 Å². The van der Waals surface area contributed by atoms with Gasteiger partial charge in [0.2, 0.25) is 0 Å². The molecule has 0 atom stereocenters. The summed E-state index contributed by atoms with van der Waals surface area (Å²) in [6.45, 7) is 0. The zero-order valence-electron chi connectivity index (χ0n) is 8.93. The molecule has 0 fully saturated rings. The Bertz CT molecular complexity index is 463. The number of methoxy groups -OCH3 is 1. The number of esters is 1. The highest BCUT2D eigenvalue weighted by Crippen LogP contribution is 2.14. The summed E-state index contributed by atoms with van der Waals surface area (Å²) in [6, 6.07) is 8.34. The third kappa shape index (κ3) is 2.36. The second-order valence-corrected chi connectivity index (χ2v) is 3.02. The maximum Gasteiger partial charge on any atom is 0.397 e. The second-order valence-electron chi connectivity index (χ2n) is 3.02. The number of carbonyl (C=O) groups is 2. The van der Waals surface area contributed by atoms with E-state index in [0.29, 0.717) is 11.3 Å². The lowest BCUT2D eigenvalue weighted by Crippen LogP contribution is -2.33. The van der Waals surface area contributed by atoms with Gasteiger partial charge in [-0.05, 0) is 18.2 Å². The van der Waals surface area contributed by atoms with Gasteiger partial charge in [-0.15, -0.1) is 0 Å². The first kappa shape index (κ1) is 11.7. The van der Waals surface area contributed by atoms with Gasteiger partial charge in [0.05, 0.1) is 18.7 Å².